The quantitative estimate of drug-likeness (QED) is 0.744. The first-order valence-corrected chi connectivity index (χ1v) is 5.87. The van der Waals surface area contributed by atoms with Crippen molar-refractivity contribution >= 4 is 17.5 Å². The van der Waals surface area contributed by atoms with Gasteiger partial charge in [0.05, 0.1) is 18.6 Å². The summed E-state index contributed by atoms with van der Waals surface area (Å²) >= 11 is 6.11. The first-order valence-electron chi connectivity index (χ1n) is 5.50. The van der Waals surface area contributed by atoms with Crippen molar-refractivity contribution in [2.75, 3.05) is 13.2 Å². The number of rotatable bonds is 2. The zero-order valence-corrected chi connectivity index (χ0v) is 10.4. The van der Waals surface area contributed by atoms with Crippen LogP contribution in [0.3, 0.4) is 0 Å². The molecule has 0 aromatic carbocycles. The molecule has 1 heterocycles. The molecule has 0 aromatic heterocycles. The highest BCUT2D eigenvalue weighted by molar-refractivity contribution is 6.30. The lowest BCUT2D eigenvalue weighted by atomic mass is 9.94. The molecule has 0 spiro atoms. The molecule has 88 valence electrons. The van der Waals surface area contributed by atoms with Crippen LogP contribution in [-0.4, -0.2) is 24.1 Å². The average Bonchev–Trinajstić information content (AvgIpc) is 2.49. The van der Waals surface area contributed by atoms with Crippen molar-refractivity contribution in [3.05, 3.63) is 22.8 Å². The van der Waals surface area contributed by atoms with Gasteiger partial charge in [0.15, 0.2) is 0 Å². The van der Waals surface area contributed by atoms with Crippen molar-refractivity contribution in [3.63, 3.8) is 0 Å². The fourth-order valence-electron chi connectivity index (χ4n) is 1.79. The average molecular weight is 242 g/mol. The number of halogens is 1. The van der Waals surface area contributed by atoms with Crippen LogP contribution in [0.2, 0.25) is 0 Å². The first-order chi connectivity index (χ1) is 7.50. The molecule has 0 radical (unpaired) electrons. The van der Waals surface area contributed by atoms with Crippen molar-refractivity contribution < 1.29 is 9.63 Å². The van der Waals surface area contributed by atoms with Gasteiger partial charge >= 0.3 is 0 Å². The summed E-state index contributed by atoms with van der Waals surface area (Å²) in [6.07, 6.45) is 5.89. The van der Waals surface area contributed by atoms with Gasteiger partial charge in [0.2, 0.25) is 0 Å². The lowest BCUT2D eigenvalue weighted by Crippen LogP contribution is -2.32. The molecule has 0 N–H and O–H groups in total. The number of allylic oxidation sites excluding steroid dienone is 2. The Morgan fingerprint density at radius 1 is 1.56 bits per heavy atom. The Bertz CT molecular complexity index is 371. The van der Waals surface area contributed by atoms with E-state index in [2.05, 4.69) is 6.08 Å². The molecular weight excluding hydrogens is 226 g/mol. The molecule has 1 aliphatic heterocycles. The van der Waals surface area contributed by atoms with E-state index in [-0.39, 0.29) is 5.91 Å². The summed E-state index contributed by atoms with van der Waals surface area (Å²) in [5.74, 6) is 0.0310. The maximum absolute atomic E-state index is 11.9. The van der Waals surface area contributed by atoms with Crippen molar-refractivity contribution in [2.45, 2.75) is 26.7 Å². The topological polar surface area (TPSA) is 29.5 Å². The third-order valence-electron chi connectivity index (χ3n) is 2.90. The summed E-state index contributed by atoms with van der Waals surface area (Å²) in [5, 5.41) is 2.26. The van der Waals surface area contributed by atoms with Crippen LogP contribution < -0.4 is 0 Å². The van der Waals surface area contributed by atoms with E-state index in [9.17, 15) is 4.79 Å². The molecule has 16 heavy (non-hydrogen) atoms. The predicted octanol–water partition coefficient (Wildman–Crippen LogP) is 2.63. The van der Waals surface area contributed by atoms with Crippen molar-refractivity contribution in [1.82, 2.24) is 5.06 Å². The summed E-state index contributed by atoms with van der Waals surface area (Å²) in [6, 6.07) is 0. The van der Waals surface area contributed by atoms with Crippen LogP contribution in [-0.2, 0) is 9.63 Å². The van der Waals surface area contributed by atoms with Crippen molar-refractivity contribution in [2.24, 2.45) is 5.41 Å². The molecule has 0 bridgehead atoms. The normalized spacial score (nSPS) is 24.4. The van der Waals surface area contributed by atoms with Gasteiger partial charge in [-0.1, -0.05) is 23.8 Å². The van der Waals surface area contributed by atoms with Crippen LogP contribution in [0.25, 0.3) is 0 Å². The molecule has 2 rings (SSSR count). The summed E-state index contributed by atoms with van der Waals surface area (Å²) in [4.78, 5) is 17.3. The van der Waals surface area contributed by atoms with Crippen LogP contribution in [0.1, 0.15) is 26.7 Å². The second kappa shape index (κ2) is 4.22. The Hall–Kier alpha value is -0.800. The van der Waals surface area contributed by atoms with Gasteiger partial charge in [-0.3, -0.25) is 9.63 Å². The Morgan fingerprint density at radius 2 is 2.31 bits per heavy atom. The maximum atomic E-state index is 11.9. The second-order valence-corrected chi connectivity index (χ2v) is 5.33. The number of hydrogen-bond acceptors (Lipinski definition) is 2. The SMILES string of the molecule is CC1(C)CON(CC2=C(Cl)CCC=C2)C1=O. The Kier molecular flexibility index (Phi) is 3.08. The molecule has 0 saturated carbocycles. The van der Waals surface area contributed by atoms with E-state index in [1.54, 1.807) is 0 Å². The van der Waals surface area contributed by atoms with E-state index in [1.807, 2.05) is 19.9 Å². The largest absolute Gasteiger partial charge is 0.272 e. The number of hydrogen-bond donors (Lipinski definition) is 0. The molecule has 0 atom stereocenters. The van der Waals surface area contributed by atoms with Crippen LogP contribution in [0.4, 0.5) is 0 Å². The Balaban J connectivity index is 2.07. The van der Waals surface area contributed by atoms with Gasteiger partial charge in [0.25, 0.3) is 5.91 Å². The Labute approximate surface area is 101 Å². The van der Waals surface area contributed by atoms with Gasteiger partial charge in [0, 0.05) is 5.03 Å². The highest BCUT2D eigenvalue weighted by atomic mass is 35.5. The van der Waals surface area contributed by atoms with Gasteiger partial charge in [-0.05, 0) is 32.3 Å². The van der Waals surface area contributed by atoms with Crippen LogP contribution in [0.5, 0.6) is 0 Å². The minimum Gasteiger partial charge on any atom is -0.272 e. The molecule has 2 aliphatic rings. The summed E-state index contributed by atoms with van der Waals surface area (Å²) in [5.41, 5.74) is 0.574. The van der Waals surface area contributed by atoms with Gasteiger partial charge in [0.1, 0.15) is 0 Å². The maximum Gasteiger partial charge on any atom is 0.254 e. The number of carbonyl (C=O) groups is 1. The molecule has 0 unspecified atom stereocenters. The number of carbonyl (C=O) groups excluding carboxylic acids is 1. The lowest BCUT2D eigenvalue weighted by molar-refractivity contribution is -0.159. The molecule has 4 heteroatoms. The van der Waals surface area contributed by atoms with E-state index in [0.717, 1.165) is 23.4 Å². The molecule has 1 fully saturated rings. The predicted molar refractivity (Wildman–Crippen MR) is 62.7 cm³/mol. The van der Waals surface area contributed by atoms with Gasteiger partial charge in [-0.25, -0.2) is 5.06 Å². The summed E-state index contributed by atoms with van der Waals surface area (Å²) < 4.78 is 0. The smallest absolute Gasteiger partial charge is 0.254 e. The Morgan fingerprint density at radius 3 is 2.88 bits per heavy atom. The monoisotopic (exact) mass is 241 g/mol. The zero-order chi connectivity index (χ0) is 11.8. The lowest BCUT2D eigenvalue weighted by Gasteiger charge is -2.19. The molecular formula is C12H16ClNO2. The van der Waals surface area contributed by atoms with Crippen molar-refractivity contribution in [3.8, 4) is 0 Å². The van der Waals surface area contributed by atoms with Crippen molar-refractivity contribution in [1.29, 1.82) is 0 Å². The molecule has 3 nitrogen and oxygen atoms in total. The minimum atomic E-state index is -0.411. The highest BCUT2D eigenvalue weighted by Gasteiger charge is 2.40. The second-order valence-electron chi connectivity index (χ2n) is 4.87. The zero-order valence-electron chi connectivity index (χ0n) is 9.62. The molecule has 1 amide bonds. The molecule has 0 aromatic rings. The van der Waals surface area contributed by atoms with E-state index < -0.39 is 5.41 Å². The number of hydroxylamine groups is 2. The van der Waals surface area contributed by atoms with E-state index in [0.29, 0.717) is 13.2 Å². The first kappa shape index (κ1) is 11.7. The van der Waals surface area contributed by atoms with E-state index in [4.69, 9.17) is 16.4 Å². The molecule has 1 saturated heterocycles. The highest BCUT2D eigenvalue weighted by Crippen LogP contribution is 2.29. The van der Waals surface area contributed by atoms with Crippen LogP contribution in [0.15, 0.2) is 22.8 Å². The summed E-state index contributed by atoms with van der Waals surface area (Å²) in [6.45, 7) is 4.68. The van der Waals surface area contributed by atoms with Gasteiger partial charge in [-0.2, -0.15) is 0 Å². The minimum absolute atomic E-state index is 0.0310. The van der Waals surface area contributed by atoms with E-state index in [1.165, 1.54) is 5.06 Å². The number of amides is 1. The van der Waals surface area contributed by atoms with Gasteiger partial charge in [-0.15, -0.1) is 0 Å². The molecule has 1 aliphatic carbocycles. The van der Waals surface area contributed by atoms with Gasteiger partial charge < -0.3 is 0 Å². The van der Waals surface area contributed by atoms with E-state index >= 15 is 0 Å². The van der Waals surface area contributed by atoms with Crippen LogP contribution in [0, 0.1) is 5.41 Å². The standard InChI is InChI=1S/C12H16ClNO2/c1-12(2)8-16-14(11(12)15)7-9-5-3-4-6-10(9)13/h3,5H,4,6-8H2,1-2H3. The van der Waals surface area contributed by atoms with Crippen LogP contribution >= 0.6 is 11.6 Å². The third kappa shape index (κ3) is 2.15. The fourth-order valence-corrected chi connectivity index (χ4v) is 2.03. The number of nitrogens with zero attached hydrogens (tertiary/aromatic N) is 1. The fraction of sp³-hybridized carbons (Fsp3) is 0.583. The third-order valence-corrected chi connectivity index (χ3v) is 3.33. The summed E-state index contributed by atoms with van der Waals surface area (Å²) in [7, 11) is 0.